The summed E-state index contributed by atoms with van der Waals surface area (Å²) in [5.41, 5.74) is 0. The van der Waals surface area contributed by atoms with E-state index < -0.39 is 9.84 Å². The molecule has 0 N–H and O–H groups in total. The Morgan fingerprint density at radius 3 is 2.78 bits per heavy atom. The third-order valence-corrected chi connectivity index (χ3v) is 7.31. The molecule has 0 aromatic rings. The summed E-state index contributed by atoms with van der Waals surface area (Å²) in [4.78, 5) is 2.18. The number of hydrogen-bond donors (Lipinski definition) is 0. The van der Waals surface area contributed by atoms with Crippen LogP contribution in [0.2, 0.25) is 0 Å². The molecular weight excluding hydrogens is 334 g/mol. The van der Waals surface area contributed by atoms with Crippen LogP contribution < -0.4 is 0 Å². The van der Waals surface area contributed by atoms with Crippen LogP contribution in [0.25, 0.3) is 0 Å². The molecule has 0 aromatic carbocycles. The summed E-state index contributed by atoms with van der Waals surface area (Å²) in [6.07, 6.45) is 2.25. The molecule has 6 heteroatoms. The van der Waals surface area contributed by atoms with Gasteiger partial charge in [-0.3, -0.25) is 4.90 Å². The Hall–Kier alpha value is 0.740. The fourth-order valence-corrected chi connectivity index (χ4v) is 6.00. The SMILES string of the molecule is CCS(=O)(=O)C1CSCCN1CCC(C)CCBr. The number of hydrogen-bond acceptors (Lipinski definition) is 4. The lowest BCUT2D eigenvalue weighted by atomic mass is 10.1. The van der Waals surface area contributed by atoms with Crippen LogP contribution in [0, 0.1) is 5.92 Å². The number of rotatable bonds is 7. The summed E-state index contributed by atoms with van der Waals surface area (Å²) in [5.74, 6) is 2.71. The van der Waals surface area contributed by atoms with Crippen molar-refractivity contribution in [2.75, 3.05) is 35.7 Å². The zero-order valence-corrected chi connectivity index (χ0v) is 14.5. The second kappa shape index (κ2) is 8.12. The third-order valence-electron chi connectivity index (χ3n) is 3.52. The number of thioether (sulfide) groups is 1. The van der Waals surface area contributed by atoms with Crippen molar-refractivity contribution in [3.63, 3.8) is 0 Å². The molecule has 1 aliphatic rings. The highest BCUT2D eigenvalue weighted by Gasteiger charge is 2.32. The van der Waals surface area contributed by atoms with E-state index in [0.29, 0.717) is 5.92 Å². The Morgan fingerprint density at radius 1 is 1.44 bits per heavy atom. The van der Waals surface area contributed by atoms with E-state index in [1.165, 1.54) is 0 Å². The lowest BCUT2D eigenvalue weighted by Crippen LogP contribution is -2.48. The van der Waals surface area contributed by atoms with Gasteiger partial charge in [-0.1, -0.05) is 29.8 Å². The van der Waals surface area contributed by atoms with Gasteiger partial charge in [0.1, 0.15) is 5.37 Å². The maximum atomic E-state index is 12.1. The summed E-state index contributed by atoms with van der Waals surface area (Å²) in [7, 11) is -2.93. The normalized spacial score (nSPS) is 24.1. The highest BCUT2D eigenvalue weighted by molar-refractivity contribution is 9.09. The van der Waals surface area contributed by atoms with E-state index in [-0.39, 0.29) is 11.1 Å². The maximum Gasteiger partial charge on any atom is 0.166 e. The van der Waals surface area contributed by atoms with Crippen molar-refractivity contribution in [1.29, 1.82) is 0 Å². The largest absolute Gasteiger partial charge is 0.286 e. The van der Waals surface area contributed by atoms with E-state index in [4.69, 9.17) is 0 Å². The summed E-state index contributed by atoms with van der Waals surface area (Å²) in [6.45, 7) is 5.82. The molecule has 18 heavy (non-hydrogen) atoms. The molecule has 0 amide bonds. The van der Waals surface area contributed by atoms with E-state index in [2.05, 4.69) is 27.8 Å². The van der Waals surface area contributed by atoms with E-state index in [9.17, 15) is 8.42 Å². The molecule has 1 heterocycles. The van der Waals surface area contributed by atoms with Gasteiger partial charge in [0.25, 0.3) is 0 Å². The zero-order chi connectivity index (χ0) is 13.6. The van der Waals surface area contributed by atoms with Crippen LogP contribution in [-0.2, 0) is 9.84 Å². The van der Waals surface area contributed by atoms with Crippen molar-refractivity contribution >= 4 is 37.5 Å². The fraction of sp³-hybridized carbons (Fsp3) is 1.00. The third kappa shape index (κ3) is 5.02. The molecule has 3 nitrogen and oxygen atoms in total. The van der Waals surface area contributed by atoms with Crippen molar-refractivity contribution in [2.24, 2.45) is 5.92 Å². The molecule has 0 saturated carbocycles. The predicted octanol–water partition coefficient (Wildman–Crippen LogP) is 2.61. The topological polar surface area (TPSA) is 37.4 Å². The van der Waals surface area contributed by atoms with E-state index in [1.807, 2.05) is 0 Å². The molecule has 0 bridgehead atoms. The predicted molar refractivity (Wildman–Crippen MR) is 84.3 cm³/mol. The lowest BCUT2D eigenvalue weighted by molar-refractivity contribution is 0.250. The minimum absolute atomic E-state index is 0.252. The summed E-state index contributed by atoms with van der Waals surface area (Å²) in [6, 6.07) is 0. The average Bonchev–Trinajstić information content (AvgIpc) is 2.37. The van der Waals surface area contributed by atoms with Gasteiger partial charge >= 0.3 is 0 Å². The Kier molecular flexibility index (Phi) is 7.58. The van der Waals surface area contributed by atoms with Gasteiger partial charge in [0.2, 0.25) is 0 Å². The minimum Gasteiger partial charge on any atom is -0.286 e. The van der Waals surface area contributed by atoms with Gasteiger partial charge in [-0.15, -0.1) is 0 Å². The second-order valence-corrected chi connectivity index (χ2v) is 9.28. The summed E-state index contributed by atoms with van der Waals surface area (Å²) < 4.78 is 24.1. The van der Waals surface area contributed by atoms with Crippen molar-refractivity contribution in [2.45, 2.75) is 32.1 Å². The number of nitrogens with zero attached hydrogens (tertiary/aromatic N) is 1. The van der Waals surface area contributed by atoms with E-state index in [0.717, 1.165) is 42.8 Å². The molecule has 0 radical (unpaired) electrons. The second-order valence-electron chi connectivity index (χ2n) is 4.89. The number of alkyl halides is 1. The first-order valence-electron chi connectivity index (χ1n) is 6.60. The first kappa shape index (κ1) is 16.8. The molecular formula is C12H24BrNO2S2. The van der Waals surface area contributed by atoms with Gasteiger partial charge < -0.3 is 0 Å². The smallest absolute Gasteiger partial charge is 0.166 e. The molecule has 1 aliphatic heterocycles. The number of halogens is 1. The van der Waals surface area contributed by atoms with Crippen LogP contribution in [0.1, 0.15) is 26.7 Å². The Bertz CT molecular complexity index is 335. The van der Waals surface area contributed by atoms with Gasteiger partial charge in [0.05, 0.1) is 0 Å². The van der Waals surface area contributed by atoms with Crippen molar-refractivity contribution in [3.05, 3.63) is 0 Å². The summed E-state index contributed by atoms with van der Waals surface area (Å²) in [5, 5.41) is 0.776. The van der Waals surface area contributed by atoms with Crippen molar-refractivity contribution in [1.82, 2.24) is 4.90 Å². The van der Waals surface area contributed by atoms with Gasteiger partial charge in [-0.05, 0) is 25.3 Å². The molecule has 108 valence electrons. The Morgan fingerprint density at radius 2 is 2.17 bits per heavy atom. The van der Waals surface area contributed by atoms with Crippen molar-refractivity contribution in [3.8, 4) is 0 Å². The van der Waals surface area contributed by atoms with Crippen LogP contribution in [0.4, 0.5) is 0 Å². The maximum absolute atomic E-state index is 12.1. The average molecular weight is 358 g/mol. The molecule has 0 aromatic heterocycles. The molecule has 0 spiro atoms. The zero-order valence-electron chi connectivity index (χ0n) is 11.3. The number of sulfone groups is 1. The van der Waals surface area contributed by atoms with Crippen LogP contribution in [0.5, 0.6) is 0 Å². The van der Waals surface area contributed by atoms with Gasteiger partial charge in [-0.25, -0.2) is 8.42 Å². The van der Waals surface area contributed by atoms with Gasteiger partial charge in [-0.2, -0.15) is 11.8 Å². The first-order chi connectivity index (χ1) is 8.51. The first-order valence-corrected chi connectivity index (χ1v) is 10.6. The molecule has 2 unspecified atom stereocenters. The van der Waals surface area contributed by atoms with Crippen molar-refractivity contribution < 1.29 is 8.42 Å². The van der Waals surface area contributed by atoms with Gasteiger partial charge in [0, 0.05) is 29.1 Å². The molecule has 0 aliphatic carbocycles. The highest BCUT2D eigenvalue weighted by Crippen LogP contribution is 2.22. The summed E-state index contributed by atoms with van der Waals surface area (Å²) >= 11 is 5.22. The fourth-order valence-electron chi connectivity index (χ4n) is 2.11. The standard InChI is InChI=1S/C12H24BrNO2S2/c1-3-18(15,16)12-10-17-9-8-14(12)7-5-11(2)4-6-13/h11-12H,3-10H2,1-2H3. The Labute approximate surface area is 124 Å². The minimum atomic E-state index is -2.93. The molecule has 2 atom stereocenters. The Balaban J connectivity index is 2.55. The van der Waals surface area contributed by atoms with E-state index in [1.54, 1.807) is 18.7 Å². The van der Waals surface area contributed by atoms with Crippen LogP contribution in [0.15, 0.2) is 0 Å². The lowest BCUT2D eigenvalue weighted by Gasteiger charge is -2.35. The molecule has 1 rings (SSSR count). The van der Waals surface area contributed by atoms with Crippen LogP contribution in [-0.4, -0.2) is 54.4 Å². The van der Waals surface area contributed by atoms with E-state index >= 15 is 0 Å². The quantitative estimate of drug-likeness (QED) is 0.656. The highest BCUT2D eigenvalue weighted by atomic mass is 79.9. The van der Waals surface area contributed by atoms with Crippen LogP contribution in [0.3, 0.4) is 0 Å². The molecule has 1 fully saturated rings. The monoisotopic (exact) mass is 357 g/mol. The molecule has 1 saturated heterocycles. The van der Waals surface area contributed by atoms with Crippen LogP contribution >= 0.6 is 27.7 Å². The van der Waals surface area contributed by atoms with Gasteiger partial charge in [0.15, 0.2) is 9.84 Å².